The summed E-state index contributed by atoms with van der Waals surface area (Å²) in [5, 5.41) is 20.9. The number of fused-ring (bicyclic) bond motifs is 6. The summed E-state index contributed by atoms with van der Waals surface area (Å²) in [7, 11) is 0. The van der Waals surface area contributed by atoms with Crippen molar-refractivity contribution < 1.29 is 14.9 Å². The Kier molecular flexibility index (Phi) is 3.25. The zero-order valence-corrected chi connectivity index (χ0v) is 14.9. The lowest BCUT2D eigenvalue weighted by Gasteiger charge is -2.57. The molecule has 2 aliphatic carbocycles. The first-order chi connectivity index (χ1) is 10.7. The first kappa shape index (κ1) is 15.9. The van der Waals surface area contributed by atoms with Gasteiger partial charge in [-0.2, -0.15) is 0 Å². The first-order valence-corrected chi connectivity index (χ1v) is 9.20. The minimum Gasteiger partial charge on any atom is -0.392 e. The van der Waals surface area contributed by atoms with Crippen LogP contribution in [0, 0.1) is 22.7 Å². The van der Waals surface area contributed by atoms with Crippen molar-refractivity contribution in [2.45, 2.75) is 71.7 Å². The Morgan fingerprint density at radius 1 is 1.26 bits per heavy atom. The number of ether oxygens (including phenoxy) is 1. The van der Waals surface area contributed by atoms with Crippen LogP contribution in [0.3, 0.4) is 0 Å². The third-order valence-corrected chi connectivity index (χ3v) is 7.52. The van der Waals surface area contributed by atoms with Crippen LogP contribution in [0.4, 0.5) is 0 Å². The van der Waals surface area contributed by atoms with E-state index in [2.05, 4.69) is 27.7 Å². The average Bonchev–Trinajstić information content (AvgIpc) is 2.98. The maximum atomic E-state index is 11.3. The average molecular weight is 318 g/mol. The second-order valence-corrected chi connectivity index (χ2v) is 9.04. The largest absolute Gasteiger partial charge is 0.392 e. The summed E-state index contributed by atoms with van der Waals surface area (Å²) in [6.07, 6.45) is 7.20. The number of rotatable bonds is 2. The van der Waals surface area contributed by atoms with Crippen LogP contribution < -0.4 is 0 Å². The van der Waals surface area contributed by atoms with Gasteiger partial charge in [-0.05, 0) is 61.0 Å². The Balaban J connectivity index is 1.85. The summed E-state index contributed by atoms with van der Waals surface area (Å²) in [5.74, 6) is -0.266. The second-order valence-electron chi connectivity index (χ2n) is 9.04. The molecule has 2 heterocycles. The Labute approximate surface area is 139 Å². The number of aliphatic hydroxyl groups is 2. The molecule has 0 aromatic heterocycles. The molecule has 0 unspecified atom stereocenters. The third-order valence-electron chi connectivity index (χ3n) is 7.52. The lowest BCUT2D eigenvalue weighted by molar-refractivity contribution is -0.288. The fourth-order valence-electron chi connectivity index (χ4n) is 5.94. The van der Waals surface area contributed by atoms with E-state index in [-0.39, 0.29) is 18.1 Å². The monoisotopic (exact) mass is 318 g/mol. The van der Waals surface area contributed by atoms with Gasteiger partial charge in [-0.15, -0.1) is 0 Å². The quantitative estimate of drug-likeness (QED) is 0.765. The molecule has 0 amide bonds. The molecule has 4 aliphatic rings. The summed E-state index contributed by atoms with van der Waals surface area (Å²) in [5.41, 5.74) is 4.14. The molecule has 4 rings (SSSR count). The van der Waals surface area contributed by atoms with Crippen LogP contribution in [-0.4, -0.2) is 28.7 Å². The van der Waals surface area contributed by atoms with Crippen LogP contribution in [0.2, 0.25) is 0 Å². The highest BCUT2D eigenvalue weighted by Gasteiger charge is 2.65. The molecule has 1 saturated carbocycles. The van der Waals surface area contributed by atoms with Crippen LogP contribution >= 0.6 is 0 Å². The Bertz CT molecular complexity index is 604. The van der Waals surface area contributed by atoms with E-state index in [9.17, 15) is 10.2 Å². The minimum absolute atomic E-state index is 0.0108. The summed E-state index contributed by atoms with van der Waals surface area (Å²) >= 11 is 0. The van der Waals surface area contributed by atoms with E-state index in [4.69, 9.17) is 4.74 Å². The van der Waals surface area contributed by atoms with Gasteiger partial charge in [0.15, 0.2) is 5.79 Å². The Hall–Kier alpha value is -0.640. The fraction of sp³-hybridized carbons (Fsp3) is 0.800. The summed E-state index contributed by atoms with van der Waals surface area (Å²) in [4.78, 5) is 0. The normalized spacial score (nSPS) is 48.6. The molecular formula is C20H30O3. The van der Waals surface area contributed by atoms with Crippen LogP contribution in [0.5, 0.6) is 0 Å². The van der Waals surface area contributed by atoms with Crippen molar-refractivity contribution >= 4 is 0 Å². The van der Waals surface area contributed by atoms with E-state index in [0.717, 1.165) is 24.8 Å². The van der Waals surface area contributed by atoms with E-state index in [1.807, 2.05) is 6.08 Å². The van der Waals surface area contributed by atoms with Crippen LogP contribution in [0.15, 0.2) is 22.8 Å². The second kappa shape index (κ2) is 4.71. The highest BCUT2D eigenvalue weighted by atomic mass is 16.6. The lowest BCUT2D eigenvalue weighted by Crippen LogP contribution is -2.58. The lowest BCUT2D eigenvalue weighted by atomic mass is 9.52. The van der Waals surface area contributed by atoms with Gasteiger partial charge in [-0.1, -0.05) is 38.8 Å². The standard InChI is InChI=1S/C20H30O3/c1-12(2)14-5-6-18(3)7-8-19(4)15(17(14)18)9-16-13(11-21)10-20(19,22)23-16/h10,12,15-16,21-22H,5-9,11H2,1-4H3/t15-,16+,18-,19-,20+/m1/s1. The SMILES string of the molecule is CC(C)C1=C2[C@H]3C[C@@H]4O[C@@](O)(C=C4CO)[C@]3(C)CC[C@@]2(C)CC1. The summed E-state index contributed by atoms with van der Waals surface area (Å²) < 4.78 is 6.02. The zero-order chi connectivity index (χ0) is 16.6. The molecule has 2 bridgehead atoms. The van der Waals surface area contributed by atoms with Crippen molar-refractivity contribution in [2.24, 2.45) is 22.7 Å². The van der Waals surface area contributed by atoms with E-state index < -0.39 is 5.79 Å². The summed E-state index contributed by atoms with van der Waals surface area (Å²) in [6, 6.07) is 0. The number of hydrogen-bond acceptors (Lipinski definition) is 3. The van der Waals surface area contributed by atoms with Gasteiger partial charge in [0.2, 0.25) is 0 Å². The van der Waals surface area contributed by atoms with E-state index >= 15 is 0 Å². The molecule has 0 radical (unpaired) electrons. The van der Waals surface area contributed by atoms with Crippen LogP contribution in [0.25, 0.3) is 0 Å². The fourth-order valence-corrected chi connectivity index (χ4v) is 5.94. The molecule has 0 spiro atoms. The molecule has 3 heteroatoms. The molecular weight excluding hydrogens is 288 g/mol. The molecule has 3 nitrogen and oxygen atoms in total. The molecule has 0 aromatic carbocycles. The van der Waals surface area contributed by atoms with Gasteiger partial charge in [-0.25, -0.2) is 0 Å². The topological polar surface area (TPSA) is 49.7 Å². The molecule has 2 aliphatic heterocycles. The van der Waals surface area contributed by atoms with Gasteiger partial charge in [-0.3, -0.25) is 0 Å². The van der Waals surface area contributed by atoms with Crippen LogP contribution in [0.1, 0.15) is 59.8 Å². The van der Waals surface area contributed by atoms with Gasteiger partial charge in [0, 0.05) is 5.41 Å². The number of allylic oxidation sites excluding steroid dienone is 2. The van der Waals surface area contributed by atoms with Gasteiger partial charge < -0.3 is 14.9 Å². The first-order valence-electron chi connectivity index (χ1n) is 9.20. The zero-order valence-electron chi connectivity index (χ0n) is 14.9. The van der Waals surface area contributed by atoms with Crippen molar-refractivity contribution in [1.29, 1.82) is 0 Å². The molecule has 128 valence electrons. The maximum Gasteiger partial charge on any atom is 0.192 e. The highest BCUT2D eigenvalue weighted by molar-refractivity contribution is 5.40. The van der Waals surface area contributed by atoms with Crippen LogP contribution in [-0.2, 0) is 4.74 Å². The molecule has 2 fully saturated rings. The van der Waals surface area contributed by atoms with Crippen molar-refractivity contribution in [2.75, 3.05) is 6.61 Å². The van der Waals surface area contributed by atoms with Crippen molar-refractivity contribution in [3.05, 3.63) is 22.8 Å². The van der Waals surface area contributed by atoms with Gasteiger partial charge >= 0.3 is 0 Å². The summed E-state index contributed by atoms with van der Waals surface area (Å²) in [6.45, 7) is 9.23. The van der Waals surface area contributed by atoms with Crippen molar-refractivity contribution in [3.63, 3.8) is 0 Å². The van der Waals surface area contributed by atoms with Gasteiger partial charge in [0.05, 0.1) is 12.7 Å². The van der Waals surface area contributed by atoms with E-state index in [1.165, 1.54) is 12.8 Å². The maximum absolute atomic E-state index is 11.3. The van der Waals surface area contributed by atoms with Crippen molar-refractivity contribution in [3.8, 4) is 0 Å². The van der Waals surface area contributed by atoms with Gasteiger partial charge in [0.1, 0.15) is 0 Å². The minimum atomic E-state index is -1.21. The predicted molar refractivity (Wildman–Crippen MR) is 89.6 cm³/mol. The molecule has 23 heavy (non-hydrogen) atoms. The van der Waals surface area contributed by atoms with E-state index in [0.29, 0.717) is 17.3 Å². The molecule has 2 N–H and O–H groups in total. The smallest absolute Gasteiger partial charge is 0.192 e. The molecule has 0 aromatic rings. The predicted octanol–water partition coefficient (Wildman–Crippen LogP) is 3.57. The van der Waals surface area contributed by atoms with Crippen molar-refractivity contribution in [1.82, 2.24) is 0 Å². The number of hydrogen-bond donors (Lipinski definition) is 2. The van der Waals surface area contributed by atoms with Gasteiger partial charge in [0.25, 0.3) is 0 Å². The molecule has 5 atom stereocenters. The Morgan fingerprint density at radius 2 is 2.00 bits per heavy atom. The Morgan fingerprint density at radius 3 is 2.65 bits per heavy atom. The number of aliphatic hydroxyl groups excluding tert-OH is 1. The van der Waals surface area contributed by atoms with E-state index in [1.54, 1.807) is 11.1 Å². The molecule has 1 saturated heterocycles. The highest BCUT2D eigenvalue weighted by Crippen LogP contribution is 2.67. The third kappa shape index (κ3) is 1.87.